The third-order valence-electron chi connectivity index (χ3n) is 2.30. The van der Waals surface area contributed by atoms with Crippen molar-refractivity contribution in [2.75, 3.05) is 12.0 Å². The summed E-state index contributed by atoms with van der Waals surface area (Å²) >= 11 is 0. The minimum absolute atomic E-state index is 0.169. The maximum absolute atomic E-state index is 12.9. The molecule has 1 aromatic carbocycles. The molecule has 0 bridgehead atoms. The van der Waals surface area contributed by atoms with Gasteiger partial charge < -0.3 is 5.32 Å². The summed E-state index contributed by atoms with van der Waals surface area (Å²) in [5.41, 5.74) is 1.03. The zero-order chi connectivity index (χ0) is 13.0. The van der Waals surface area contributed by atoms with Crippen molar-refractivity contribution in [3.63, 3.8) is 0 Å². The maximum Gasteiger partial charge on any atom is 0.251 e. The van der Waals surface area contributed by atoms with Crippen LogP contribution in [0.3, 0.4) is 0 Å². The van der Waals surface area contributed by atoms with Crippen molar-refractivity contribution < 1.29 is 13.4 Å². The molecule has 0 saturated carbocycles. The quantitative estimate of drug-likeness (QED) is 0.891. The van der Waals surface area contributed by atoms with Gasteiger partial charge in [0.2, 0.25) is 0 Å². The van der Waals surface area contributed by atoms with Gasteiger partial charge in [-0.25, -0.2) is 4.39 Å². The predicted molar refractivity (Wildman–Crippen MR) is 67.0 cm³/mol. The molecule has 0 spiro atoms. The third-order valence-corrected chi connectivity index (χ3v) is 3.26. The zero-order valence-corrected chi connectivity index (χ0v) is 10.9. The number of halogens is 1. The standard InChI is InChI=1S/C12H16FNO2S/c1-8-6-10(13)4-5-11(8)12(15)14-9(2)7-17(3)16/h4-6,9H,7H2,1-3H3,(H,14,15). The molecule has 2 unspecified atom stereocenters. The Balaban J connectivity index is 2.73. The van der Waals surface area contributed by atoms with Crippen molar-refractivity contribution in [2.24, 2.45) is 0 Å². The van der Waals surface area contributed by atoms with Gasteiger partial charge in [-0.2, -0.15) is 0 Å². The molecule has 3 nitrogen and oxygen atoms in total. The fourth-order valence-corrected chi connectivity index (χ4v) is 2.36. The Labute approximate surface area is 103 Å². The topological polar surface area (TPSA) is 46.2 Å². The van der Waals surface area contributed by atoms with Crippen LogP contribution in [0.25, 0.3) is 0 Å². The fraction of sp³-hybridized carbons (Fsp3) is 0.417. The van der Waals surface area contributed by atoms with Gasteiger partial charge in [-0.15, -0.1) is 0 Å². The first kappa shape index (κ1) is 13.8. The average molecular weight is 257 g/mol. The van der Waals surface area contributed by atoms with Gasteiger partial charge in [0.25, 0.3) is 5.91 Å². The summed E-state index contributed by atoms with van der Waals surface area (Å²) in [4.78, 5) is 11.8. The smallest absolute Gasteiger partial charge is 0.251 e. The highest BCUT2D eigenvalue weighted by Gasteiger charge is 2.13. The number of aryl methyl sites for hydroxylation is 1. The minimum Gasteiger partial charge on any atom is -0.349 e. The van der Waals surface area contributed by atoms with Crippen LogP contribution in [0.1, 0.15) is 22.8 Å². The molecule has 0 aromatic heterocycles. The van der Waals surface area contributed by atoms with Crippen LogP contribution >= 0.6 is 0 Å². The molecular formula is C12H16FNO2S. The second-order valence-electron chi connectivity index (χ2n) is 4.07. The Morgan fingerprint density at radius 3 is 2.71 bits per heavy atom. The molecule has 5 heteroatoms. The normalized spacial score (nSPS) is 14.1. The van der Waals surface area contributed by atoms with Gasteiger partial charge in [0.05, 0.1) is 0 Å². The highest BCUT2D eigenvalue weighted by molar-refractivity contribution is 7.84. The Morgan fingerprint density at radius 1 is 1.53 bits per heavy atom. The van der Waals surface area contributed by atoms with Crippen molar-refractivity contribution in [3.8, 4) is 0 Å². The summed E-state index contributed by atoms with van der Waals surface area (Å²) in [6.07, 6.45) is 1.59. The predicted octanol–water partition coefficient (Wildman–Crippen LogP) is 1.63. The lowest BCUT2D eigenvalue weighted by atomic mass is 10.1. The van der Waals surface area contributed by atoms with Gasteiger partial charge in [-0.1, -0.05) is 0 Å². The second kappa shape index (κ2) is 5.91. The first-order chi connectivity index (χ1) is 7.90. The number of carbonyl (C=O) groups excluding carboxylic acids is 1. The van der Waals surface area contributed by atoms with E-state index in [9.17, 15) is 13.4 Å². The number of hydrogen-bond acceptors (Lipinski definition) is 2. The first-order valence-corrected chi connectivity index (χ1v) is 7.00. The lowest BCUT2D eigenvalue weighted by Gasteiger charge is -2.13. The molecule has 0 aliphatic heterocycles. The Kier molecular flexibility index (Phi) is 4.81. The molecule has 0 radical (unpaired) electrons. The highest BCUT2D eigenvalue weighted by atomic mass is 32.2. The van der Waals surface area contributed by atoms with E-state index in [0.717, 1.165) is 0 Å². The van der Waals surface area contributed by atoms with E-state index in [4.69, 9.17) is 0 Å². The Hall–Kier alpha value is -1.23. The maximum atomic E-state index is 12.9. The van der Waals surface area contributed by atoms with Gasteiger partial charge in [-0.05, 0) is 37.6 Å². The zero-order valence-electron chi connectivity index (χ0n) is 10.1. The lowest BCUT2D eigenvalue weighted by Crippen LogP contribution is -2.36. The van der Waals surface area contributed by atoms with Crippen molar-refractivity contribution in [2.45, 2.75) is 19.9 Å². The molecule has 2 atom stereocenters. The molecule has 1 N–H and O–H groups in total. The molecule has 0 aliphatic carbocycles. The van der Waals surface area contributed by atoms with Gasteiger partial charge in [0, 0.05) is 34.4 Å². The molecule has 0 aliphatic rings. The number of benzene rings is 1. The summed E-state index contributed by atoms with van der Waals surface area (Å²) in [6.45, 7) is 3.47. The summed E-state index contributed by atoms with van der Waals surface area (Å²) in [5, 5.41) is 2.73. The number of nitrogens with one attached hydrogen (secondary N) is 1. The molecule has 0 heterocycles. The molecule has 1 amide bonds. The van der Waals surface area contributed by atoms with E-state index >= 15 is 0 Å². The SMILES string of the molecule is Cc1cc(F)ccc1C(=O)NC(C)CS(C)=O. The number of amides is 1. The number of rotatable bonds is 4. The number of carbonyl (C=O) groups is 1. The van der Waals surface area contributed by atoms with Crippen molar-refractivity contribution in [1.29, 1.82) is 0 Å². The van der Waals surface area contributed by atoms with Crippen LogP contribution in [0.15, 0.2) is 18.2 Å². The minimum atomic E-state index is -0.952. The largest absolute Gasteiger partial charge is 0.349 e. The van der Waals surface area contributed by atoms with E-state index in [1.54, 1.807) is 20.1 Å². The van der Waals surface area contributed by atoms with E-state index in [1.165, 1.54) is 18.2 Å². The highest BCUT2D eigenvalue weighted by Crippen LogP contribution is 2.10. The fourth-order valence-electron chi connectivity index (χ4n) is 1.58. The van der Waals surface area contributed by atoms with Crippen LogP contribution in [0.2, 0.25) is 0 Å². The van der Waals surface area contributed by atoms with Crippen LogP contribution < -0.4 is 5.32 Å². The molecule has 0 fully saturated rings. The van der Waals surface area contributed by atoms with Crippen LogP contribution in [-0.4, -0.2) is 28.2 Å². The van der Waals surface area contributed by atoms with Gasteiger partial charge in [0.1, 0.15) is 5.82 Å². The van der Waals surface area contributed by atoms with Gasteiger partial charge >= 0.3 is 0 Å². The molecule has 94 valence electrons. The van der Waals surface area contributed by atoms with E-state index < -0.39 is 10.8 Å². The Bertz CT molecular complexity index is 448. The van der Waals surface area contributed by atoms with E-state index in [1.807, 2.05) is 0 Å². The summed E-state index contributed by atoms with van der Waals surface area (Å²) in [6, 6.07) is 3.86. The molecule has 17 heavy (non-hydrogen) atoms. The molecule has 1 aromatic rings. The molecule has 1 rings (SSSR count). The van der Waals surface area contributed by atoms with Crippen molar-refractivity contribution in [1.82, 2.24) is 5.32 Å². The first-order valence-electron chi connectivity index (χ1n) is 5.27. The van der Waals surface area contributed by atoms with Crippen LogP contribution in [-0.2, 0) is 10.8 Å². The lowest BCUT2D eigenvalue weighted by molar-refractivity contribution is 0.0943. The summed E-state index contributed by atoms with van der Waals surface area (Å²) < 4.78 is 23.9. The van der Waals surface area contributed by atoms with Gasteiger partial charge in [0.15, 0.2) is 0 Å². The summed E-state index contributed by atoms with van der Waals surface area (Å²) in [7, 11) is -0.952. The monoisotopic (exact) mass is 257 g/mol. The van der Waals surface area contributed by atoms with Crippen molar-refractivity contribution in [3.05, 3.63) is 35.1 Å². The number of hydrogen-bond donors (Lipinski definition) is 1. The van der Waals surface area contributed by atoms with Crippen LogP contribution in [0.5, 0.6) is 0 Å². The van der Waals surface area contributed by atoms with E-state index in [0.29, 0.717) is 16.9 Å². The van der Waals surface area contributed by atoms with Crippen LogP contribution in [0.4, 0.5) is 4.39 Å². The van der Waals surface area contributed by atoms with E-state index in [-0.39, 0.29) is 17.8 Å². The van der Waals surface area contributed by atoms with Gasteiger partial charge in [-0.3, -0.25) is 9.00 Å². The summed E-state index contributed by atoms with van der Waals surface area (Å²) in [5.74, 6) is -0.214. The average Bonchev–Trinajstić information content (AvgIpc) is 2.15. The van der Waals surface area contributed by atoms with Crippen LogP contribution in [0, 0.1) is 12.7 Å². The van der Waals surface area contributed by atoms with E-state index in [2.05, 4.69) is 5.32 Å². The third kappa shape index (κ3) is 4.26. The molecular weight excluding hydrogens is 241 g/mol. The Morgan fingerprint density at radius 2 is 2.18 bits per heavy atom. The molecule has 0 saturated heterocycles. The van der Waals surface area contributed by atoms with Crippen molar-refractivity contribution >= 4 is 16.7 Å². The second-order valence-corrected chi connectivity index (χ2v) is 5.55.